The molecular weight excluding hydrogens is 416 g/mol. The largest absolute Gasteiger partial charge is 0.479 e. The Balaban J connectivity index is 1.58. The van der Waals surface area contributed by atoms with Gasteiger partial charge in [0, 0.05) is 5.02 Å². The van der Waals surface area contributed by atoms with Crippen LogP contribution in [0.15, 0.2) is 72.8 Å². The van der Waals surface area contributed by atoms with E-state index in [-0.39, 0.29) is 12.4 Å². The molecule has 0 aliphatic carbocycles. The normalized spacial score (nSPS) is 11.5. The summed E-state index contributed by atoms with van der Waals surface area (Å²) in [7, 11) is 1.34. The maximum atomic E-state index is 11.6. The molecule has 1 unspecified atom stereocenters. The maximum absolute atomic E-state index is 11.6. The number of ether oxygens (including phenoxy) is 2. The van der Waals surface area contributed by atoms with E-state index in [9.17, 15) is 14.7 Å². The number of hydrogen-bond acceptors (Lipinski definition) is 4. The summed E-state index contributed by atoms with van der Waals surface area (Å²) in [6, 6.07) is 22.4. The minimum atomic E-state index is -1.02. The first-order valence-corrected chi connectivity index (χ1v) is 10.2. The van der Waals surface area contributed by atoms with Crippen molar-refractivity contribution in [3.8, 4) is 16.9 Å². The number of methoxy groups -OCH3 is 1. The summed E-state index contributed by atoms with van der Waals surface area (Å²) in [5.74, 6) is -0.908. The Bertz CT molecular complexity index is 1010. The zero-order valence-electron chi connectivity index (χ0n) is 17.1. The Morgan fingerprint density at radius 1 is 0.871 bits per heavy atom. The lowest BCUT2D eigenvalue weighted by molar-refractivity contribution is -0.145. The lowest BCUT2D eigenvalue weighted by Crippen LogP contribution is -2.27. The molecule has 0 fully saturated rings. The average molecular weight is 439 g/mol. The monoisotopic (exact) mass is 438 g/mol. The maximum Gasteiger partial charge on any atom is 0.344 e. The van der Waals surface area contributed by atoms with Crippen molar-refractivity contribution in [3.63, 3.8) is 0 Å². The molecule has 0 spiro atoms. The number of esters is 1. The first kappa shape index (κ1) is 22.4. The number of rotatable bonds is 9. The van der Waals surface area contributed by atoms with Gasteiger partial charge in [0.05, 0.1) is 13.5 Å². The molecule has 3 aromatic rings. The van der Waals surface area contributed by atoms with Crippen LogP contribution < -0.4 is 4.74 Å². The highest BCUT2D eigenvalue weighted by Gasteiger charge is 2.19. The molecule has 6 heteroatoms. The van der Waals surface area contributed by atoms with Crippen molar-refractivity contribution in [2.75, 3.05) is 7.11 Å². The topological polar surface area (TPSA) is 72.8 Å². The summed E-state index contributed by atoms with van der Waals surface area (Å²) < 4.78 is 10.3. The van der Waals surface area contributed by atoms with Crippen LogP contribution in [0.1, 0.15) is 17.5 Å². The van der Waals surface area contributed by atoms with E-state index in [0.29, 0.717) is 23.6 Å². The summed E-state index contributed by atoms with van der Waals surface area (Å²) in [5.41, 5.74) is 3.93. The molecule has 0 aliphatic heterocycles. The van der Waals surface area contributed by atoms with Gasteiger partial charge in [-0.05, 0) is 59.4 Å². The number of benzene rings is 3. The smallest absolute Gasteiger partial charge is 0.344 e. The van der Waals surface area contributed by atoms with Crippen LogP contribution in [0.5, 0.6) is 5.75 Å². The van der Waals surface area contributed by atoms with Gasteiger partial charge in [-0.1, -0.05) is 60.1 Å². The molecule has 160 valence electrons. The van der Waals surface area contributed by atoms with E-state index in [1.54, 1.807) is 24.3 Å². The first-order chi connectivity index (χ1) is 14.9. The van der Waals surface area contributed by atoms with Gasteiger partial charge in [0.1, 0.15) is 5.75 Å². The van der Waals surface area contributed by atoms with Gasteiger partial charge in [0.2, 0.25) is 0 Å². The van der Waals surface area contributed by atoms with Crippen LogP contribution in [0.4, 0.5) is 0 Å². The van der Waals surface area contributed by atoms with E-state index in [0.717, 1.165) is 22.3 Å². The summed E-state index contributed by atoms with van der Waals surface area (Å²) in [6.07, 6.45) is 0.0885. The zero-order valence-corrected chi connectivity index (χ0v) is 17.8. The Kier molecular flexibility index (Phi) is 7.68. The fourth-order valence-corrected chi connectivity index (χ4v) is 3.25. The van der Waals surface area contributed by atoms with Crippen LogP contribution in [0, 0.1) is 0 Å². The predicted molar refractivity (Wildman–Crippen MR) is 119 cm³/mol. The molecule has 0 saturated heterocycles. The van der Waals surface area contributed by atoms with Crippen molar-refractivity contribution in [1.82, 2.24) is 0 Å². The lowest BCUT2D eigenvalue weighted by Gasteiger charge is -2.15. The van der Waals surface area contributed by atoms with Gasteiger partial charge >= 0.3 is 11.9 Å². The number of carbonyl (C=O) groups is 2. The molecule has 0 heterocycles. The second-order valence-corrected chi connectivity index (χ2v) is 7.52. The second kappa shape index (κ2) is 10.6. The van der Waals surface area contributed by atoms with Crippen molar-refractivity contribution in [2.24, 2.45) is 0 Å². The van der Waals surface area contributed by atoms with Gasteiger partial charge in [-0.3, -0.25) is 4.79 Å². The van der Waals surface area contributed by atoms with Gasteiger partial charge in [-0.2, -0.15) is 0 Å². The van der Waals surface area contributed by atoms with Gasteiger partial charge in [0.15, 0.2) is 6.10 Å². The van der Waals surface area contributed by atoms with E-state index in [4.69, 9.17) is 16.3 Å². The Morgan fingerprint density at radius 2 is 1.42 bits per heavy atom. The van der Waals surface area contributed by atoms with Gasteiger partial charge in [-0.15, -0.1) is 0 Å². The van der Waals surface area contributed by atoms with E-state index in [1.807, 2.05) is 48.5 Å². The Morgan fingerprint density at radius 3 is 1.97 bits per heavy atom. The molecule has 31 heavy (non-hydrogen) atoms. The van der Waals surface area contributed by atoms with Crippen molar-refractivity contribution in [2.45, 2.75) is 25.4 Å². The number of hydrogen-bond donors (Lipinski definition) is 1. The van der Waals surface area contributed by atoms with Crippen LogP contribution in [-0.2, 0) is 27.2 Å². The van der Waals surface area contributed by atoms with Crippen LogP contribution in [0.25, 0.3) is 11.1 Å². The summed E-state index contributed by atoms with van der Waals surface area (Å²) >= 11 is 5.93. The predicted octanol–water partition coefficient (Wildman–Crippen LogP) is 5.19. The summed E-state index contributed by atoms with van der Waals surface area (Å²) in [6.45, 7) is 0. The minimum Gasteiger partial charge on any atom is -0.479 e. The van der Waals surface area contributed by atoms with Gasteiger partial charge < -0.3 is 14.6 Å². The molecule has 0 bridgehead atoms. The molecule has 0 radical (unpaired) electrons. The molecule has 5 nitrogen and oxygen atoms in total. The van der Waals surface area contributed by atoms with Crippen LogP contribution in [-0.4, -0.2) is 30.3 Å². The minimum absolute atomic E-state index is 0.158. The van der Waals surface area contributed by atoms with E-state index in [1.165, 1.54) is 7.11 Å². The Labute approximate surface area is 186 Å². The van der Waals surface area contributed by atoms with E-state index >= 15 is 0 Å². The van der Waals surface area contributed by atoms with Crippen molar-refractivity contribution in [3.05, 3.63) is 88.9 Å². The first-order valence-electron chi connectivity index (χ1n) is 9.84. The number of aryl methyl sites for hydroxylation is 1. The highest BCUT2D eigenvalue weighted by molar-refractivity contribution is 6.30. The third-order valence-electron chi connectivity index (χ3n) is 4.88. The molecule has 1 N–H and O–H groups in total. The number of aliphatic carboxylic acids is 1. The second-order valence-electron chi connectivity index (χ2n) is 7.08. The molecule has 1 atom stereocenters. The Hall–Kier alpha value is -3.31. The highest BCUT2D eigenvalue weighted by Crippen LogP contribution is 2.23. The van der Waals surface area contributed by atoms with Crippen LogP contribution in [0.3, 0.4) is 0 Å². The number of carbonyl (C=O) groups excluding carboxylic acids is 1. The standard InChI is InChI=1S/C25H23ClO5/c1-30-24(27)16-18-4-13-22(14-5-18)31-23(25(28)29)15-6-17-2-7-19(8-3-17)20-9-11-21(26)12-10-20/h2-5,7-14,23H,6,15-16H2,1H3,(H,28,29). The average Bonchev–Trinajstić information content (AvgIpc) is 2.78. The van der Waals surface area contributed by atoms with Gasteiger partial charge in [0.25, 0.3) is 0 Å². The van der Waals surface area contributed by atoms with Crippen LogP contribution in [0.2, 0.25) is 5.02 Å². The summed E-state index contributed by atoms with van der Waals surface area (Å²) in [5, 5.41) is 10.2. The van der Waals surface area contributed by atoms with Crippen molar-refractivity contribution < 1.29 is 24.2 Å². The third-order valence-corrected chi connectivity index (χ3v) is 5.13. The number of carboxylic acids is 1. The number of halogens is 1. The third kappa shape index (κ3) is 6.59. The lowest BCUT2D eigenvalue weighted by atomic mass is 10.0. The van der Waals surface area contributed by atoms with Gasteiger partial charge in [-0.25, -0.2) is 4.79 Å². The fourth-order valence-electron chi connectivity index (χ4n) is 3.13. The highest BCUT2D eigenvalue weighted by atomic mass is 35.5. The zero-order chi connectivity index (χ0) is 22.2. The SMILES string of the molecule is COC(=O)Cc1ccc(OC(CCc2ccc(-c3ccc(Cl)cc3)cc2)C(=O)O)cc1. The molecule has 0 saturated carbocycles. The fraction of sp³-hybridized carbons (Fsp3) is 0.200. The number of carboxylic acid groups (broad SMARTS) is 1. The molecule has 3 aromatic carbocycles. The van der Waals surface area contributed by atoms with Crippen molar-refractivity contribution >= 4 is 23.5 Å². The van der Waals surface area contributed by atoms with Crippen LogP contribution >= 0.6 is 11.6 Å². The molecule has 0 aromatic heterocycles. The molecular formula is C25H23ClO5. The quantitative estimate of drug-likeness (QED) is 0.465. The van der Waals surface area contributed by atoms with E-state index < -0.39 is 12.1 Å². The molecule has 3 rings (SSSR count). The summed E-state index contributed by atoms with van der Waals surface area (Å²) in [4.78, 5) is 23.0. The molecule has 0 amide bonds. The van der Waals surface area contributed by atoms with E-state index in [2.05, 4.69) is 4.74 Å². The molecule has 0 aliphatic rings. The van der Waals surface area contributed by atoms with Crippen molar-refractivity contribution in [1.29, 1.82) is 0 Å².